The van der Waals surface area contributed by atoms with Gasteiger partial charge in [-0.2, -0.15) is 0 Å². The van der Waals surface area contributed by atoms with E-state index in [0.29, 0.717) is 6.26 Å². The highest BCUT2D eigenvalue weighted by Crippen LogP contribution is 2.46. The topological polar surface area (TPSA) is 248 Å². The van der Waals surface area contributed by atoms with Gasteiger partial charge in [-0.05, 0) is 23.8 Å². The van der Waals surface area contributed by atoms with Crippen molar-refractivity contribution in [1.82, 2.24) is 0 Å². The van der Waals surface area contributed by atoms with Gasteiger partial charge in [-0.1, -0.05) is 12.1 Å². The van der Waals surface area contributed by atoms with E-state index in [2.05, 4.69) is 0 Å². The molecule has 1 saturated heterocycles. The Morgan fingerprint density at radius 3 is 2.42 bits per heavy atom. The first-order valence-electron chi connectivity index (χ1n) is 12.7. The molecule has 0 aromatic heterocycles. The van der Waals surface area contributed by atoms with Crippen molar-refractivity contribution in [3.05, 3.63) is 54.0 Å². The summed E-state index contributed by atoms with van der Waals surface area (Å²) in [6.45, 7) is -0.766. The number of fused-ring (bicyclic) bond motifs is 1. The molecule has 0 radical (unpaired) electrons. The zero-order valence-electron chi connectivity index (χ0n) is 22.7. The van der Waals surface area contributed by atoms with Crippen LogP contribution in [0.5, 0.6) is 11.5 Å². The van der Waals surface area contributed by atoms with E-state index >= 15 is 0 Å². The molecule has 1 aromatic rings. The van der Waals surface area contributed by atoms with E-state index in [1.165, 1.54) is 25.3 Å². The normalized spacial score (nSPS) is 33.6. The number of esters is 2. The minimum absolute atomic E-state index is 0.0254. The lowest BCUT2D eigenvalue weighted by Gasteiger charge is -2.44. The van der Waals surface area contributed by atoms with Crippen molar-refractivity contribution in [1.29, 1.82) is 0 Å². The van der Waals surface area contributed by atoms with Crippen molar-refractivity contribution in [2.45, 2.75) is 42.6 Å². The lowest BCUT2D eigenvalue weighted by atomic mass is 9.79. The largest absolute Gasteiger partial charge is 0.504 e. The van der Waals surface area contributed by atoms with Gasteiger partial charge in [-0.25, -0.2) is 14.4 Å². The Morgan fingerprint density at radius 1 is 1.07 bits per heavy atom. The van der Waals surface area contributed by atoms with Crippen LogP contribution in [0.4, 0.5) is 0 Å². The molecule has 0 saturated carbocycles. The Bertz CT molecular complexity index is 1330. The van der Waals surface area contributed by atoms with E-state index in [0.717, 1.165) is 25.5 Å². The van der Waals surface area contributed by atoms with E-state index in [-0.39, 0.29) is 22.6 Å². The molecule has 1 aromatic carbocycles. The number of carboxylic acids is 1. The van der Waals surface area contributed by atoms with Crippen LogP contribution >= 0.6 is 0 Å². The van der Waals surface area contributed by atoms with Crippen molar-refractivity contribution < 1.29 is 78.6 Å². The van der Waals surface area contributed by atoms with Gasteiger partial charge in [0.15, 0.2) is 23.4 Å². The lowest BCUT2D eigenvalue weighted by molar-refractivity contribution is -0.345. The molecule has 234 valence electrons. The van der Waals surface area contributed by atoms with Gasteiger partial charge in [0.25, 0.3) is 0 Å². The Kier molecular flexibility index (Phi) is 9.41. The summed E-state index contributed by atoms with van der Waals surface area (Å²) in [4.78, 5) is 37.7. The maximum atomic E-state index is 13.3. The number of allylic oxidation sites excluding steroid dienone is 1. The third-order valence-corrected chi connectivity index (χ3v) is 7.30. The fourth-order valence-corrected chi connectivity index (χ4v) is 4.96. The number of aliphatic hydroxyl groups excluding tert-OH is 4. The fraction of sp³-hybridized carbons (Fsp3) is 0.444. The van der Waals surface area contributed by atoms with Crippen molar-refractivity contribution >= 4 is 23.5 Å². The number of benzene rings is 1. The second-order valence-corrected chi connectivity index (χ2v) is 9.77. The maximum Gasteiger partial charge on any atom is 0.347 e. The average molecular weight is 611 g/mol. The van der Waals surface area contributed by atoms with Crippen LogP contribution < -0.4 is 4.74 Å². The molecule has 0 bridgehead atoms. The predicted molar refractivity (Wildman–Crippen MR) is 137 cm³/mol. The zero-order valence-corrected chi connectivity index (χ0v) is 22.7. The smallest absolute Gasteiger partial charge is 0.347 e. The summed E-state index contributed by atoms with van der Waals surface area (Å²) >= 11 is 0. The van der Waals surface area contributed by atoms with Gasteiger partial charge >= 0.3 is 17.9 Å². The van der Waals surface area contributed by atoms with Gasteiger partial charge in [-0.15, -0.1) is 0 Å². The Balaban J connectivity index is 1.65. The van der Waals surface area contributed by atoms with Crippen LogP contribution in [0.3, 0.4) is 0 Å². The molecular formula is C27H30O16. The van der Waals surface area contributed by atoms with Gasteiger partial charge in [0, 0.05) is 5.92 Å². The van der Waals surface area contributed by atoms with Crippen LogP contribution in [-0.4, -0.2) is 117 Å². The number of phenols is 1. The molecule has 2 heterocycles. The van der Waals surface area contributed by atoms with Gasteiger partial charge in [0.05, 0.1) is 38.6 Å². The average Bonchev–Trinajstić information content (AvgIpc) is 3.36. The molecule has 3 aliphatic rings. The van der Waals surface area contributed by atoms with E-state index in [1.807, 2.05) is 0 Å². The SMILES string of the molecule is COC(=O)C1=CO[C@@H](O[C@H]2O[C@@H](CO)[C@H](O)[C@@H](O)[C@@H]2O)[C@H]2[C@H]1C=C[C@@]2(O)C(=O)OC=C(C(=O)O)c1ccc(O)c(OC)c1. The van der Waals surface area contributed by atoms with Gasteiger partial charge in [-0.3, -0.25) is 0 Å². The summed E-state index contributed by atoms with van der Waals surface area (Å²) in [5.41, 5.74) is -3.36. The van der Waals surface area contributed by atoms with Crippen molar-refractivity contribution in [2.75, 3.05) is 20.8 Å². The maximum absolute atomic E-state index is 13.3. The lowest BCUT2D eigenvalue weighted by Crippen LogP contribution is -2.61. The number of ether oxygens (including phenoxy) is 6. The summed E-state index contributed by atoms with van der Waals surface area (Å²) in [5, 5.41) is 71.2. The van der Waals surface area contributed by atoms with Crippen LogP contribution in [0.1, 0.15) is 5.56 Å². The second-order valence-electron chi connectivity index (χ2n) is 9.77. The van der Waals surface area contributed by atoms with Gasteiger partial charge < -0.3 is 64.2 Å². The summed E-state index contributed by atoms with van der Waals surface area (Å²) in [6, 6.07) is 3.56. The number of hydrogen-bond donors (Lipinski definition) is 7. The number of carbonyl (C=O) groups is 3. The Labute approximate surface area is 243 Å². The molecule has 43 heavy (non-hydrogen) atoms. The number of aliphatic hydroxyl groups is 5. The molecule has 1 fully saturated rings. The summed E-state index contributed by atoms with van der Waals surface area (Å²) < 4.78 is 31.3. The van der Waals surface area contributed by atoms with Gasteiger partial charge in [0.2, 0.25) is 6.29 Å². The number of aliphatic carboxylic acids is 1. The van der Waals surface area contributed by atoms with E-state index in [1.54, 1.807) is 0 Å². The van der Waals surface area contributed by atoms with Crippen molar-refractivity contribution in [3.8, 4) is 11.5 Å². The predicted octanol–water partition coefficient (Wildman–Crippen LogP) is -1.87. The number of aromatic hydroxyl groups is 1. The minimum atomic E-state index is -2.64. The zero-order chi connectivity index (χ0) is 31.6. The molecule has 4 rings (SSSR count). The van der Waals surface area contributed by atoms with Crippen molar-refractivity contribution in [3.63, 3.8) is 0 Å². The molecule has 16 heteroatoms. The molecular weight excluding hydrogens is 580 g/mol. The van der Waals surface area contributed by atoms with E-state index in [4.69, 9.17) is 28.4 Å². The highest BCUT2D eigenvalue weighted by atomic mass is 16.8. The third kappa shape index (κ3) is 5.94. The monoisotopic (exact) mass is 610 g/mol. The highest BCUT2D eigenvalue weighted by Gasteiger charge is 2.59. The molecule has 0 amide bonds. The first-order chi connectivity index (χ1) is 20.4. The van der Waals surface area contributed by atoms with Crippen molar-refractivity contribution in [2.24, 2.45) is 11.8 Å². The van der Waals surface area contributed by atoms with Crippen LogP contribution in [0.2, 0.25) is 0 Å². The molecule has 2 aliphatic heterocycles. The highest BCUT2D eigenvalue weighted by molar-refractivity contribution is 6.15. The number of hydrogen-bond acceptors (Lipinski definition) is 15. The number of methoxy groups -OCH3 is 2. The summed E-state index contributed by atoms with van der Waals surface area (Å²) in [6.07, 6.45) is -6.42. The van der Waals surface area contributed by atoms with Gasteiger partial charge in [0.1, 0.15) is 36.3 Å². The minimum Gasteiger partial charge on any atom is -0.504 e. The summed E-state index contributed by atoms with van der Waals surface area (Å²) in [5.74, 6) is -6.80. The number of carboxylic acid groups (broad SMARTS) is 1. The molecule has 16 nitrogen and oxygen atoms in total. The van der Waals surface area contributed by atoms with Crippen LogP contribution in [-0.2, 0) is 38.1 Å². The summed E-state index contributed by atoms with van der Waals surface area (Å²) in [7, 11) is 2.33. The Hall–Kier alpha value is -4.03. The van der Waals surface area contributed by atoms with E-state index < -0.39 is 84.5 Å². The molecule has 0 spiro atoms. The van der Waals surface area contributed by atoms with Crippen LogP contribution in [0.15, 0.2) is 48.4 Å². The third-order valence-electron chi connectivity index (χ3n) is 7.30. The van der Waals surface area contributed by atoms with Crippen LogP contribution in [0, 0.1) is 11.8 Å². The molecule has 0 unspecified atom stereocenters. The molecule has 7 N–H and O–H groups in total. The number of rotatable bonds is 9. The molecule has 9 atom stereocenters. The first kappa shape index (κ1) is 31.9. The number of phenolic OH excluding ortho intramolecular Hbond substituents is 1. The van der Waals surface area contributed by atoms with E-state index in [9.17, 15) is 50.1 Å². The molecule has 1 aliphatic carbocycles. The second kappa shape index (κ2) is 12.7. The number of carbonyl (C=O) groups excluding carboxylic acids is 2. The standard InChI is InChI=1S/C27H30O16/c1-38-16-7-11(3-4-15(16)29)13(22(33)34)9-41-26(36)27(37)6-5-12-14(23(35)39-2)10-40-24(18(12)27)43-25-21(32)20(31)19(30)17(8-28)42-25/h3-7,9-10,12,17-21,24-25,28-32,37H,8H2,1-2H3,(H,33,34)/t12-,17-,18+,19-,20+,21-,24-,25+,27-/m0/s1. The Morgan fingerprint density at radius 2 is 1.79 bits per heavy atom. The van der Waals surface area contributed by atoms with Crippen LogP contribution in [0.25, 0.3) is 5.57 Å². The quantitative estimate of drug-likeness (QED) is 0.0700. The first-order valence-corrected chi connectivity index (χ1v) is 12.7. The fourth-order valence-electron chi connectivity index (χ4n) is 4.96.